The third-order valence-electron chi connectivity index (χ3n) is 2.96. The van der Waals surface area contributed by atoms with E-state index >= 15 is 0 Å². The van der Waals surface area contributed by atoms with Crippen LogP contribution in [0.3, 0.4) is 0 Å². The Labute approximate surface area is 110 Å². The molecule has 0 atom stereocenters. The van der Waals surface area contributed by atoms with Crippen molar-refractivity contribution in [1.82, 2.24) is 0 Å². The molecule has 0 bridgehead atoms. The minimum Gasteiger partial charge on any atom is -0.508 e. The average Bonchev–Trinajstić information content (AvgIpc) is 2.32. The van der Waals surface area contributed by atoms with Gasteiger partial charge in [-0.15, -0.1) is 0 Å². The van der Waals surface area contributed by atoms with Crippen LogP contribution in [-0.2, 0) is 11.2 Å². The summed E-state index contributed by atoms with van der Waals surface area (Å²) in [5.41, 5.74) is 0.387. The summed E-state index contributed by atoms with van der Waals surface area (Å²) in [5, 5.41) is 19.3. The Morgan fingerprint density at radius 2 is 2.05 bits per heavy atom. The summed E-state index contributed by atoms with van der Waals surface area (Å²) >= 11 is 0. The first-order valence-corrected chi connectivity index (χ1v) is 6.10. The summed E-state index contributed by atoms with van der Waals surface area (Å²) in [5.74, 6) is 0.0539. The number of hydrogen-bond donors (Lipinski definition) is 2. The van der Waals surface area contributed by atoms with Gasteiger partial charge in [0.1, 0.15) is 28.2 Å². The molecule has 0 unspecified atom stereocenters. The van der Waals surface area contributed by atoms with Crippen molar-refractivity contribution in [2.75, 3.05) is 13.2 Å². The lowest BCUT2D eigenvalue weighted by Gasteiger charge is -2.08. The zero-order valence-electron chi connectivity index (χ0n) is 10.9. The van der Waals surface area contributed by atoms with E-state index < -0.39 is 0 Å². The lowest BCUT2D eigenvalue weighted by Crippen LogP contribution is -2.14. The van der Waals surface area contributed by atoms with E-state index in [4.69, 9.17) is 9.15 Å². The SMILES string of the molecule is CCOCCc1c(C)oc2cc(O)cc(O)c2c1=O. The molecule has 0 saturated heterocycles. The fourth-order valence-electron chi connectivity index (χ4n) is 2.04. The molecular formula is C14H16O5. The molecule has 0 spiro atoms. The minimum absolute atomic E-state index is 0.0925. The Morgan fingerprint density at radius 1 is 1.32 bits per heavy atom. The lowest BCUT2D eigenvalue weighted by atomic mass is 10.1. The van der Waals surface area contributed by atoms with E-state index in [1.165, 1.54) is 6.07 Å². The van der Waals surface area contributed by atoms with Crippen molar-refractivity contribution in [1.29, 1.82) is 0 Å². The summed E-state index contributed by atoms with van der Waals surface area (Å²) in [6.07, 6.45) is 0.429. The van der Waals surface area contributed by atoms with Gasteiger partial charge >= 0.3 is 0 Å². The van der Waals surface area contributed by atoms with E-state index in [-0.39, 0.29) is 27.9 Å². The Hall–Kier alpha value is -2.01. The van der Waals surface area contributed by atoms with Crippen LogP contribution in [-0.4, -0.2) is 23.4 Å². The second-order valence-corrected chi connectivity index (χ2v) is 4.25. The molecule has 102 valence electrons. The maximum atomic E-state index is 12.3. The standard InChI is InChI=1S/C14H16O5/c1-3-18-5-4-10-8(2)19-12-7-9(15)6-11(16)13(12)14(10)17/h6-7,15-16H,3-5H2,1-2H3. The van der Waals surface area contributed by atoms with Crippen molar-refractivity contribution < 1.29 is 19.4 Å². The summed E-state index contributed by atoms with van der Waals surface area (Å²) in [7, 11) is 0. The monoisotopic (exact) mass is 264 g/mol. The van der Waals surface area contributed by atoms with Crippen LogP contribution in [0.2, 0.25) is 0 Å². The highest BCUT2D eigenvalue weighted by molar-refractivity contribution is 5.85. The van der Waals surface area contributed by atoms with Crippen molar-refractivity contribution >= 4 is 11.0 Å². The molecule has 1 aromatic heterocycles. The van der Waals surface area contributed by atoms with Gasteiger partial charge in [0.05, 0.1) is 6.61 Å². The van der Waals surface area contributed by atoms with Crippen molar-refractivity contribution in [3.63, 3.8) is 0 Å². The van der Waals surface area contributed by atoms with Crippen LogP contribution in [0.4, 0.5) is 0 Å². The van der Waals surface area contributed by atoms with Crippen LogP contribution in [0.5, 0.6) is 11.5 Å². The van der Waals surface area contributed by atoms with E-state index in [1.807, 2.05) is 6.92 Å². The molecule has 0 aliphatic rings. The van der Waals surface area contributed by atoms with Crippen LogP contribution >= 0.6 is 0 Å². The Morgan fingerprint density at radius 3 is 2.74 bits per heavy atom. The van der Waals surface area contributed by atoms with Crippen LogP contribution in [0.1, 0.15) is 18.2 Å². The van der Waals surface area contributed by atoms with Gasteiger partial charge in [-0.25, -0.2) is 0 Å². The molecular weight excluding hydrogens is 248 g/mol. The van der Waals surface area contributed by atoms with Crippen LogP contribution in [0, 0.1) is 6.92 Å². The molecule has 5 nitrogen and oxygen atoms in total. The summed E-state index contributed by atoms with van der Waals surface area (Å²) in [4.78, 5) is 12.3. The fraction of sp³-hybridized carbons (Fsp3) is 0.357. The van der Waals surface area contributed by atoms with E-state index in [2.05, 4.69) is 0 Å². The van der Waals surface area contributed by atoms with E-state index in [9.17, 15) is 15.0 Å². The first-order chi connectivity index (χ1) is 9.04. The van der Waals surface area contributed by atoms with Crippen molar-refractivity contribution in [3.8, 4) is 11.5 Å². The largest absolute Gasteiger partial charge is 0.508 e. The minimum atomic E-state index is -0.282. The molecule has 2 N–H and O–H groups in total. The number of phenolic OH excluding ortho intramolecular Hbond substituents is 2. The van der Waals surface area contributed by atoms with Gasteiger partial charge in [-0.3, -0.25) is 4.79 Å². The highest BCUT2D eigenvalue weighted by atomic mass is 16.5. The van der Waals surface area contributed by atoms with E-state index in [1.54, 1.807) is 6.92 Å². The van der Waals surface area contributed by atoms with Gasteiger partial charge in [-0.05, 0) is 13.8 Å². The number of aromatic hydroxyl groups is 2. The van der Waals surface area contributed by atoms with Crippen molar-refractivity contribution in [2.24, 2.45) is 0 Å². The molecule has 5 heteroatoms. The van der Waals surface area contributed by atoms with Gasteiger partial charge in [0.2, 0.25) is 0 Å². The van der Waals surface area contributed by atoms with Gasteiger partial charge in [-0.1, -0.05) is 0 Å². The normalized spacial score (nSPS) is 11.1. The van der Waals surface area contributed by atoms with Gasteiger partial charge in [0, 0.05) is 30.7 Å². The molecule has 0 amide bonds. The first kappa shape index (κ1) is 13.4. The third kappa shape index (κ3) is 2.56. The predicted molar refractivity (Wildman–Crippen MR) is 70.7 cm³/mol. The van der Waals surface area contributed by atoms with Crippen molar-refractivity contribution in [3.05, 3.63) is 33.7 Å². The maximum Gasteiger partial charge on any atom is 0.199 e. The first-order valence-electron chi connectivity index (χ1n) is 6.10. The van der Waals surface area contributed by atoms with Gasteiger partial charge < -0.3 is 19.4 Å². The topological polar surface area (TPSA) is 79.9 Å². The predicted octanol–water partition coefficient (Wildman–Crippen LogP) is 2.09. The molecule has 0 saturated carbocycles. The van der Waals surface area contributed by atoms with Crippen LogP contribution < -0.4 is 5.43 Å². The van der Waals surface area contributed by atoms with Crippen molar-refractivity contribution in [2.45, 2.75) is 20.3 Å². The molecule has 0 aliphatic heterocycles. The Bertz CT molecular complexity index is 657. The van der Waals surface area contributed by atoms with Gasteiger partial charge in [-0.2, -0.15) is 0 Å². The number of fused-ring (bicyclic) bond motifs is 1. The fourth-order valence-corrected chi connectivity index (χ4v) is 2.04. The number of benzene rings is 1. The van der Waals surface area contributed by atoms with E-state index in [0.717, 1.165) is 6.07 Å². The molecule has 1 heterocycles. The number of rotatable bonds is 4. The Balaban J connectivity index is 2.58. The maximum absolute atomic E-state index is 12.3. The lowest BCUT2D eigenvalue weighted by molar-refractivity contribution is 0.150. The molecule has 1 aromatic carbocycles. The second-order valence-electron chi connectivity index (χ2n) is 4.25. The van der Waals surface area contributed by atoms with Gasteiger partial charge in [0.25, 0.3) is 0 Å². The molecule has 0 radical (unpaired) electrons. The highest BCUT2D eigenvalue weighted by Crippen LogP contribution is 2.28. The number of hydrogen-bond acceptors (Lipinski definition) is 5. The molecule has 0 aliphatic carbocycles. The van der Waals surface area contributed by atoms with Crippen LogP contribution in [0.15, 0.2) is 21.3 Å². The molecule has 0 fully saturated rings. The Kier molecular flexibility index (Phi) is 3.76. The zero-order chi connectivity index (χ0) is 14.0. The molecule has 2 rings (SSSR count). The summed E-state index contributed by atoms with van der Waals surface area (Å²) in [6.45, 7) is 4.57. The quantitative estimate of drug-likeness (QED) is 0.826. The molecule has 19 heavy (non-hydrogen) atoms. The summed E-state index contributed by atoms with van der Waals surface area (Å²) < 4.78 is 10.7. The molecule has 2 aromatic rings. The average molecular weight is 264 g/mol. The van der Waals surface area contributed by atoms with E-state index in [0.29, 0.717) is 31.0 Å². The zero-order valence-corrected chi connectivity index (χ0v) is 10.9. The third-order valence-corrected chi connectivity index (χ3v) is 2.96. The number of aryl methyl sites for hydroxylation is 1. The number of phenols is 2. The van der Waals surface area contributed by atoms with Crippen LogP contribution in [0.25, 0.3) is 11.0 Å². The van der Waals surface area contributed by atoms with Gasteiger partial charge in [0.15, 0.2) is 5.43 Å². The second kappa shape index (κ2) is 5.32. The summed E-state index contributed by atoms with van der Waals surface area (Å²) in [6, 6.07) is 2.44. The highest BCUT2D eigenvalue weighted by Gasteiger charge is 2.15. The smallest absolute Gasteiger partial charge is 0.199 e. The number of ether oxygens (including phenoxy) is 1.